The number of anilines is 1. The summed E-state index contributed by atoms with van der Waals surface area (Å²) in [5.41, 5.74) is 3.81. The third kappa shape index (κ3) is 5.44. The minimum Gasteiger partial charge on any atom is -0.490 e. The van der Waals surface area contributed by atoms with Crippen molar-refractivity contribution in [2.24, 2.45) is 0 Å². The van der Waals surface area contributed by atoms with Crippen molar-refractivity contribution in [2.75, 3.05) is 11.5 Å². The van der Waals surface area contributed by atoms with Crippen molar-refractivity contribution in [2.45, 2.75) is 27.4 Å². The van der Waals surface area contributed by atoms with Crippen LogP contribution in [0.4, 0.5) is 10.5 Å². The number of aryl methyl sites for hydroxylation is 2. The second kappa shape index (κ2) is 11.5. The predicted molar refractivity (Wildman–Crippen MR) is 164 cm³/mol. The van der Waals surface area contributed by atoms with Crippen LogP contribution in [-0.2, 0) is 16.2 Å². The molecule has 4 aromatic rings. The molecule has 1 fully saturated rings. The first-order chi connectivity index (χ1) is 19.3. The number of hydrogen-bond acceptors (Lipinski definition) is 5. The van der Waals surface area contributed by atoms with Gasteiger partial charge in [0.15, 0.2) is 11.5 Å². The van der Waals surface area contributed by atoms with Crippen LogP contribution in [0.25, 0.3) is 16.8 Å². The number of carbonyl (C=O) groups is 3. The van der Waals surface area contributed by atoms with Gasteiger partial charge in [-0.2, -0.15) is 0 Å². The maximum absolute atomic E-state index is 13.4. The lowest BCUT2D eigenvalue weighted by atomic mass is 10.0. The van der Waals surface area contributed by atoms with Gasteiger partial charge in [-0.1, -0.05) is 48.5 Å². The van der Waals surface area contributed by atoms with E-state index in [1.165, 1.54) is 6.08 Å². The van der Waals surface area contributed by atoms with E-state index in [-0.39, 0.29) is 5.57 Å². The summed E-state index contributed by atoms with van der Waals surface area (Å²) in [7, 11) is 0. The maximum atomic E-state index is 13.4. The van der Waals surface area contributed by atoms with Gasteiger partial charge in [-0.05, 0) is 107 Å². The topological polar surface area (TPSA) is 84.9 Å². The summed E-state index contributed by atoms with van der Waals surface area (Å²) >= 11 is 2.16. The number of ether oxygens (including phenoxy) is 2. The Balaban J connectivity index is 1.47. The summed E-state index contributed by atoms with van der Waals surface area (Å²) in [5, 5.41) is 4.53. The third-order valence-corrected chi connectivity index (χ3v) is 7.55. The van der Waals surface area contributed by atoms with Gasteiger partial charge in [-0.25, -0.2) is 9.69 Å². The number of rotatable bonds is 7. The molecule has 1 aliphatic rings. The molecule has 1 N–H and O–H groups in total. The third-order valence-electron chi connectivity index (χ3n) is 6.75. The minimum atomic E-state index is -0.780. The summed E-state index contributed by atoms with van der Waals surface area (Å²) in [6.45, 7) is 6.45. The van der Waals surface area contributed by atoms with E-state index in [1.54, 1.807) is 18.2 Å². The van der Waals surface area contributed by atoms with Gasteiger partial charge in [0.1, 0.15) is 12.2 Å². The minimum absolute atomic E-state index is 0.152. The van der Waals surface area contributed by atoms with Crippen LogP contribution in [0, 0.1) is 17.4 Å². The summed E-state index contributed by atoms with van der Waals surface area (Å²) in [6.07, 6.45) is 1.47. The number of halogens is 1. The fourth-order valence-corrected chi connectivity index (χ4v) is 5.35. The summed E-state index contributed by atoms with van der Waals surface area (Å²) in [4.78, 5) is 39.7. The van der Waals surface area contributed by atoms with Gasteiger partial charge in [0.25, 0.3) is 11.8 Å². The lowest BCUT2D eigenvalue weighted by molar-refractivity contribution is -0.122. The monoisotopic (exact) mass is 646 g/mol. The highest BCUT2D eigenvalue weighted by Gasteiger charge is 2.37. The molecule has 0 saturated carbocycles. The average Bonchev–Trinajstić information content (AvgIpc) is 2.92. The zero-order chi connectivity index (χ0) is 28.4. The number of amides is 4. The number of fused-ring (bicyclic) bond motifs is 1. The lowest BCUT2D eigenvalue weighted by Crippen LogP contribution is -2.54. The second-order valence-electron chi connectivity index (χ2n) is 9.42. The van der Waals surface area contributed by atoms with Gasteiger partial charge in [0.05, 0.1) is 15.9 Å². The number of urea groups is 1. The van der Waals surface area contributed by atoms with Crippen LogP contribution < -0.4 is 19.7 Å². The van der Waals surface area contributed by atoms with Gasteiger partial charge < -0.3 is 9.47 Å². The fraction of sp³-hybridized carbons (Fsp3) is 0.156. The molecule has 4 aromatic carbocycles. The maximum Gasteiger partial charge on any atom is 0.335 e. The molecule has 40 heavy (non-hydrogen) atoms. The number of benzene rings is 4. The molecule has 202 valence electrons. The molecule has 1 saturated heterocycles. The molecule has 8 heteroatoms. The van der Waals surface area contributed by atoms with Crippen LogP contribution in [0.2, 0.25) is 0 Å². The molecule has 1 aliphatic heterocycles. The number of carbonyl (C=O) groups excluding carboxylic acids is 3. The Labute approximate surface area is 245 Å². The van der Waals surface area contributed by atoms with Gasteiger partial charge >= 0.3 is 6.03 Å². The van der Waals surface area contributed by atoms with Gasteiger partial charge in [-0.3, -0.25) is 14.9 Å². The van der Waals surface area contributed by atoms with Crippen LogP contribution >= 0.6 is 22.6 Å². The first kappa shape index (κ1) is 27.4. The molecule has 0 bridgehead atoms. The standard InChI is InChI=1S/C32H27IN2O5/c1-4-39-28-17-21(16-27(33)29(28)40-18-23-10-7-9-22-8-5-6-11-25(22)23)15-26-30(36)34-32(38)35(31(26)37)24-13-12-19(2)20(3)14-24/h5-17H,4,18H2,1-3H3,(H,34,36,38). The fourth-order valence-electron chi connectivity index (χ4n) is 4.57. The summed E-state index contributed by atoms with van der Waals surface area (Å²) in [6, 6.07) is 22.3. The van der Waals surface area contributed by atoms with Gasteiger partial charge in [0.2, 0.25) is 0 Å². The molecule has 1 heterocycles. The van der Waals surface area contributed by atoms with Crippen LogP contribution in [0.3, 0.4) is 0 Å². The molecule has 0 unspecified atom stereocenters. The molecule has 0 radical (unpaired) electrons. The van der Waals surface area contributed by atoms with E-state index in [1.807, 2.05) is 57.2 Å². The van der Waals surface area contributed by atoms with Gasteiger partial charge in [-0.15, -0.1) is 0 Å². The first-order valence-electron chi connectivity index (χ1n) is 12.8. The average molecular weight is 646 g/mol. The van der Waals surface area contributed by atoms with Crippen LogP contribution in [0.1, 0.15) is 29.2 Å². The molecular weight excluding hydrogens is 619 g/mol. The Morgan fingerprint density at radius 3 is 2.45 bits per heavy atom. The zero-order valence-corrected chi connectivity index (χ0v) is 24.4. The number of hydrogen-bond donors (Lipinski definition) is 1. The Bertz CT molecular complexity index is 1690. The summed E-state index contributed by atoms with van der Waals surface area (Å²) < 4.78 is 12.9. The highest BCUT2D eigenvalue weighted by molar-refractivity contribution is 14.1. The van der Waals surface area contributed by atoms with Crippen molar-refractivity contribution in [3.63, 3.8) is 0 Å². The molecule has 0 spiro atoms. The molecule has 0 aromatic heterocycles. The lowest BCUT2D eigenvalue weighted by Gasteiger charge is -2.27. The zero-order valence-electron chi connectivity index (χ0n) is 22.3. The molecular formula is C32H27IN2O5. The van der Waals surface area contributed by atoms with E-state index in [0.29, 0.717) is 36.0 Å². The largest absolute Gasteiger partial charge is 0.490 e. The number of nitrogens with zero attached hydrogens (tertiary/aromatic N) is 1. The highest BCUT2D eigenvalue weighted by Crippen LogP contribution is 2.36. The molecule has 7 nitrogen and oxygen atoms in total. The summed E-state index contributed by atoms with van der Waals surface area (Å²) in [5.74, 6) is -0.378. The van der Waals surface area contributed by atoms with Crippen LogP contribution in [-0.4, -0.2) is 24.5 Å². The van der Waals surface area contributed by atoms with E-state index in [4.69, 9.17) is 9.47 Å². The Hall–Kier alpha value is -4.18. The van der Waals surface area contributed by atoms with Crippen molar-refractivity contribution in [1.82, 2.24) is 5.32 Å². The van der Waals surface area contributed by atoms with Crippen LogP contribution in [0.15, 0.2) is 78.4 Å². The molecule has 5 rings (SSSR count). The van der Waals surface area contributed by atoms with Crippen molar-refractivity contribution in [3.05, 3.63) is 104 Å². The Kier molecular flexibility index (Phi) is 7.88. The van der Waals surface area contributed by atoms with Crippen molar-refractivity contribution in [1.29, 1.82) is 0 Å². The van der Waals surface area contributed by atoms with Gasteiger partial charge in [0, 0.05) is 0 Å². The quantitative estimate of drug-likeness (QED) is 0.137. The van der Waals surface area contributed by atoms with E-state index >= 15 is 0 Å². The van der Waals surface area contributed by atoms with E-state index < -0.39 is 17.8 Å². The SMILES string of the molecule is CCOc1cc(C=C2C(=O)NC(=O)N(c3ccc(C)c(C)c3)C2=O)cc(I)c1OCc1cccc2ccccc12. The first-order valence-corrected chi connectivity index (χ1v) is 13.9. The predicted octanol–water partition coefficient (Wildman–Crippen LogP) is 6.71. The second-order valence-corrected chi connectivity index (χ2v) is 10.6. The molecule has 0 atom stereocenters. The van der Waals surface area contributed by atoms with Crippen molar-refractivity contribution < 1.29 is 23.9 Å². The van der Waals surface area contributed by atoms with E-state index in [0.717, 1.165) is 35.9 Å². The molecule has 4 amide bonds. The number of barbiturate groups is 1. The highest BCUT2D eigenvalue weighted by atomic mass is 127. The Morgan fingerprint density at radius 2 is 1.68 bits per heavy atom. The normalized spacial score (nSPS) is 14.6. The number of imide groups is 2. The smallest absolute Gasteiger partial charge is 0.335 e. The van der Waals surface area contributed by atoms with Crippen molar-refractivity contribution >= 4 is 63.0 Å². The van der Waals surface area contributed by atoms with E-state index in [2.05, 4.69) is 46.1 Å². The number of nitrogens with one attached hydrogen (secondary N) is 1. The van der Waals surface area contributed by atoms with E-state index in [9.17, 15) is 14.4 Å². The molecule has 0 aliphatic carbocycles. The van der Waals surface area contributed by atoms with Crippen molar-refractivity contribution in [3.8, 4) is 11.5 Å². The van der Waals surface area contributed by atoms with Crippen LogP contribution in [0.5, 0.6) is 11.5 Å². The Morgan fingerprint density at radius 1 is 0.900 bits per heavy atom.